The third-order valence-corrected chi connectivity index (χ3v) is 2.51. The van der Waals surface area contributed by atoms with Crippen LogP contribution in [0.25, 0.3) is 0 Å². The molecule has 15 heavy (non-hydrogen) atoms. The van der Waals surface area contributed by atoms with Crippen LogP contribution in [-0.4, -0.2) is 6.54 Å². The molecule has 1 aliphatic heterocycles. The van der Waals surface area contributed by atoms with E-state index in [1.807, 2.05) is 19.1 Å². The molecule has 1 aromatic rings. The zero-order valence-corrected chi connectivity index (χ0v) is 8.76. The normalized spacial score (nSPS) is 15.3. The van der Waals surface area contributed by atoms with Gasteiger partial charge in [0.05, 0.1) is 0 Å². The number of halogens is 1. The summed E-state index contributed by atoms with van der Waals surface area (Å²) in [6.45, 7) is 2.94. The van der Waals surface area contributed by atoms with Gasteiger partial charge in [0.25, 0.3) is 0 Å². The van der Waals surface area contributed by atoms with Crippen LogP contribution in [-0.2, 0) is 6.42 Å². The Balaban J connectivity index is 2.06. The van der Waals surface area contributed by atoms with E-state index in [9.17, 15) is 4.39 Å². The summed E-state index contributed by atoms with van der Waals surface area (Å²) in [5.74, 6) is -0.176. The third kappa shape index (κ3) is 2.69. The Bertz CT molecular complexity index is 401. The van der Waals surface area contributed by atoms with Crippen molar-refractivity contribution in [1.29, 1.82) is 0 Å². The maximum atomic E-state index is 12.7. The van der Waals surface area contributed by atoms with E-state index in [1.165, 1.54) is 23.4 Å². The first-order valence-electron chi connectivity index (χ1n) is 5.09. The number of hydrogen-bond acceptors (Lipinski definition) is 1. The predicted octanol–water partition coefficient (Wildman–Crippen LogP) is 2.80. The first kappa shape index (κ1) is 9.97. The number of allylic oxidation sites excluding steroid dienone is 3. The topological polar surface area (TPSA) is 12.0 Å². The van der Waals surface area contributed by atoms with E-state index in [0.29, 0.717) is 0 Å². The molecule has 0 amide bonds. The van der Waals surface area contributed by atoms with Crippen LogP contribution in [0.5, 0.6) is 0 Å². The molecule has 2 rings (SSSR count). The average Bonchev–Trinajstić information content (AvgIpc) is 2.25. The number of dihydropyridines is 1. The Labute approximate surface area is 89.3 Å². The summed E-state index contributed by atoms with van der Waals surface area (Å²) in [4.78, 5) is 0. The molecule has 0 saturated heterocycles. The van der Waals surface area contributed by atoms with Crippen LogP contribution in [0, 0.1) is 5.82 Å². The molecule has 0 atom stereocenters. The van der Waals surface area contributed by atoms with Gasteiger partial charge in [-0.2, -0.15) is 0 Å². The fourth-order valence-corrected chi connectivity index (χ4v) is 1.60. The summed E-state index contributed by atoms with van der Waals surface area (Å²) in [5, 5.41) is 3.28. The highest BCUT2D eigenvalue weighted by atomic mass is 19.1. The van der Waals surface area contributed by atoms with Gasteiger partial charge in [0.2, 0.25) is 0 Å². The largest absolute Gasteiger partial charge is 0.385 e. The van der Waals surface area contributed by atoms with Crippen molar-refractivity contribution in [1.82, 2.24) is 5.32 Å². The van der Waals surface area contributed by atoms with Gasteiger partial charge in [0.15, 0.2) is 0 Å². The summed E-state index contributed by atoms with van der Waals surface area (Å²) in [6.07, 6.45) is 5.09. The molecule has 1 N–H and O–H groups in total. The molecule has 1 nitrogen and oxygen atoms in total. The molecule has 0 radical (unpaired) electrons. The lowest BCUT2D eigenvalue weighted by Gasteiger charge is -2.14. The zero-order chi connectivity index (χ0) is 10.7. The van der Waals surface area contributed by atoms with Gasteiger partial charge in [-0.1, -0.05) is 18.2 Å². The van der Waals surface area contributed by atoms with Crippen LogP contribution in [0.2, 0.25) is 0 Å². The van der Waals surface area contributed by atoms with Gasteiger partial charge < -0.3 is 5.32 Å². The van der Waals surface area contributed by atoms with Gasteiger partial charge in [-0.25, -0.2) is 4.39 Å². The molecule has 0 bridgehead atoms. The van der Waals surface area contributed by atoms with Gasteiger partial charge in [0, 0.05) is 12.2 Å². The minimum atomic E-state index is -0.176. The standard InChI is InChI=1S/C13H14FN/c1-10-2-3-12(9-15-10)8-11-4-6-13(14)7-5-11/h2-7,15H,8-9H2,1H3. The molecule has 2 heteroatoms. The maximum Gasteiger partial charge on any atom is 0.123 e. The van der Waals surface area contributed by atoms with Crippen molar-refractivity contribution in [3.63, 3.8) is 0 Å². The second-order valence-electron chi connectivity index (χ2n) is 3.83. The van der Waals surface area contributed by atoms with E-state index in [2.05, 4.69) is 17.5 Å². The maximum absolute atomic E-state index is 12.7. The zero-order valence-electron chi connectivity index (χ0n) is 8.76. The molecular weight excluding hydrogens is 189 g/mol. The van der Waals surface area contributed by atoms with E-state index >= 15 is 0 Å². The van der Waals surface area contributed by atoms with Gasteiger partial charge in [-0.15, -0.1) is 0 Å². The van der Waals surface area contributed by atoms with Gasteiger partial charge in [0.1, 0.15) is 5.82 Å². The lowest BCUT2D eigenvalue weighted by molar-refractivity contribution is 0.627. The molecule has 78 valence electrons. The molecule has 1 heterocycles. The van der Waals surface area contributed by atoms with Crippen molar-refractivity contribution in [2.24, 2.45) is 0 Å². The predicted molar refractivity (Wildman–Crippen MR) is 59.9 cm³/mol. The Morgan fingerprint density at radius 1 is 1.20 bits per heavy atom. The van der Waals surface area contributed by atoms with Crippen LogP contribution in [0.3, 0.4) is 0 Å². The van der Waals surface area contributed by atoms with Gasteiger partial charge in [-0.3, -0.25) is 0 Å². The van der Waals surface area contributed by atoms with Gasteiger partial charge >= 0.3 is 0 Å². The Kier molecular flexibility index (Phi) is 2.86. The quantitative estimate of drug-likeness (QED) is 0.779. The van der Waals surface area contributed by atoms with Crippen molar-refractivity contribution in [3.8, 4) is 0 Å². The van der Waals surface area contributed by atoms with E-state index in [1.54, 1.807) is 0 Å². The molecule has 1 aliphatic rings. The molecule has 1 aromatic carbocycles. The molecule has 0 aliphatic carbocycles. The summed E-state index contributed by atoms with van der Waals surface area (Å²) < 4.78 is 12.7. The Morgan fingerprint density at radius 2 is 1.93 bits per heavy atom. The van der Waals surface area contributed by atoms with Crippen LogP contribution in [0.1, 0.15) is 12.5 Å². The molecule has 0 saturated carbocycles. The molecule has 0 spiro atoms. The van der Waals surface area contributed by atoms with Gasteiger partial charge in [-0.05, 0) is 42.7 Å². The highest BCUT2D eigenvalue weighted by Crippen LogP contribution is 2.12. The minimum Gasteiger partial charge on any atom is -0.385 e. The molecule has 0 fully saturated rings. The monoisotopic (exact) mass is 203 g/mol. The fraction of sp³-hybridized carbons (Fsp3) is 0.231. The SMILES string of the molecule is CC1=CC=C(Cc2ccc(F)cc2)CN1. The van der Waals surface area contributed by atoms with Crippen LogP contribution >= 0.6 is 0 Å². The van der Waals surface area contributed by atoms with E-state index < -0.39 is 0 Å². The lowest BCUT2D eigenvalue weighted by atomic mass is 10.0. The average molecular weight is 203 g/mol. The number of benzene rings is 1. The number of hydrogen-bond donors (Lipinski definition) is 1. The summed E-state index contributed by atoms with van der Waals surface area (Å²) in [5.41, 5.74) is 3.67. The Hall–Kier alpha value is -1.57. The second kappa shape index (κ2) is 4.30. The van der Waals surface area contributed by atoms with Crippen molar-refractivity contribution in [2.45, 2.75) is 13.3 Å². The molecular formula is C13H14FN. The highest BCUT2D eigenvalue weighted by Gasteiger charge is 2.03. The van der Waals surface area contributed by atoms with Crippen molar-refractivity contribution >= 4 is 0 Å². The van der Waals surface area contributed by atoms with Crippen molar-refractivity contribution < 1.29 is 4.39 Å². The van der Waals surface area contributed by atoms with E-state index in [4.69, 9.17) is 0 Å². The summed E-state index contributed by atoms with van der Waals surface area (Å²) >= 11 is 0. The molecule has 0 unspecified atom stereocenters. The van der Waals surface area contributed by atoms with Crippen LogP contribution < -0.4 is 5.32 Å². The second-order valence-corrected chi connectivity index (χ2v) is 3.83. The fourth-order valence-electron chi connectivity index (χ4n) is 1.60. The van der Waals surface area contributed by atoms with E-state index in [-0.39, 0.29) is 5.82 Å². The smallest absolute Gasteiger partial charge is 0.123 e. The molecule has 0 aromatic heterocycles. The third-order valence-electron chi connectivity index (χ3n) is 2.51. The first-order valence-corrected chi connectivity index (χ1v) is 5.09. The lowest BCUT2D eigenvalue weighted by Crippen LogP contribution is -2.18. The van der Waals surface area contributed by atoms with Crippen LogP contribution in [0.4, 0.5) is 4.39 Å². The highest BCUT2D eigenvalue weighted by molar-refractivity contribution is 5.29. The van der Waals surface area contributed by atoms with Crippen molar-refractivity contribution in [2.75, 3.05) is 6.54 Å². The minimum absolute atomic E-state index is 0.176. The summed E-state index contributed by atoms with van der Waals surface area (Å²) in [6, 6.07) is 6.68. The van der Waals surface area contributed by atoms with Crippen molar-refractivity contribution in [3.05, 3.63) is 59.1 Å². The number of rotatable bonds is 2. The van der Waals surface area contributed by atoms with Crippen LogP contribution in [0.15, 0.2) is 47.7 Å². The van der Waals surface area contributed by atoms with E-state index in [0.717, 1.165) is 18.5 Å². The number of nitrogens with one attached hydrogen (secondary N) is 1. The Morgan fingerprint density at radius 3 is 2.53 bits per heavy atom. The first-order chi connectivity index (χ1) is 7.24. The summed E-state index contributed by atoms with van der Waals surface area (Å²) in [7, 11) is 0.